The molecule has 3 nitrogen and oxygen atoms in total. The molecule has 0 aliphatic carbocycles. The van der Waals surface area contributed by atoms with Crippen molar-refractivity contribution in [3.63, 3.8) is 0 Å². The van der Waals surface area contributed by atoms with Crippen molar-refractivity contribution in [2.45, 2.75) is 53.0 Å². The van der Waals surface area contributed by atoms with Crippen molar-refractivity contribution in [3.05, 3.63) is 29.8 Å². The summed E-state index contributed by atoms with van der Waals surface area (Å²) in [6, 6.07) is 8.31. The minimum Gasteiger partial charge on any atom is -0.494 e. The Balaban J connectivity index is 2.27. The van der Waals surface area contributed by atoms with E-state index >= 15 is 0 Å². The van der Waals surface area contributed by atoms with Gasteiger partial charge in [0.15, 0.2) is 0 Å². The molecule has 0 heterocycles. The van der Waals surface area contributed by atoms with Crippen molar-refractivity contribution >= 4 is 0 Å². The summed E-state index contributed by atoms with van der Waals surface area (Å²) in [5.74, 6) is 0.954. The van der Waals surface area contributed by atoms with Crippen LogP contribution in [-0.4, -0.2) is 24.9 Å². The van der Waals surface area contributed by atoms with Crippen LogP contribution in [0.1, 0.15) is 52.0 Å². The third kappa shape index (κ3) is 8.08. The van der Waals surface area contributed by atoms with Crippen molar-refractivity contribution in [3.8, 4) is 5.75 Å². The lowest BCUT2D eigenvalue weighted by Gasteiger charge is -2.24. The fraction of sp³-hybridized carbons (Fsp3) is 0.667. The molecule has 0 atom stereocenters. The first-order valence-corrected chi connectivity index (χ1v) is 8.11. The van der Waals surface area contributed by atoms with E-state index < -0.39 is 0 Å². The number of unbranched alkanes of at least 4 members (excludes halogenated alkanes) is 2. The van der Waals surface area contributed by atoms with Gasteiger partial charge in [0, 0.05) is 19.7 Å². The van der Waals surface area contributed by atoms with E-state index in [-0.39, 0.29) is 12.0 Å². The second-order valence-corrected chi connectivity index (χ2v) is 6.44. The Morgan fingerprint density at radius 3 is 2.48 bits per heavy atom. The average Bonchev–Trinajstić information content (AvgIpc) is 2.45. The van der Waals surface area contributed by atoms with Crippen molar-refractivity contribution in [1.82, 2.24) is 5.32 Å². The van der Waals surface area contributed by atoms with Gasteiger partial charge in [-0.05, 0) is 36.0 Å². The Hall–Kier alpha value is -1.06. The van der Waals surface area contributed by atoms with Crippen LogP contribution in [0.2, 0.25) is 0 Å². The third-order valence-electron chi connectivity index (χ3n) is 3.66. The summed E-state index contributed by atoms with van der Waals surface area (Å²) in [5.41, 5.74) is 1.40. The van der Waals surface area contributed by atoms with Crippen molar-refractivity contribution in [2.24, 2.45) is 5.41 Å². The Labute approximate surface area is 129 Å². The Bertz CT molecular complexity index is 373. The molecule has 0 unspecified atom stereocenters. The van der Waals surface area contributed by atoms with Crippen LogP contribution in [0.15, 0.2) is 24.3 Å². The lowest BCUT2D eigenvalue weighted by molar-refractivity contribution is 0.207. The van der Waals surface area contributed by atoms with E-state index in [4.69, 9.17) is 9.84 Å². The summed E-state index contributed by atoms with van der Waals surface area (Å²) in [7, 11) is 0. The fourth-order valence-electron chi connectivity index (χ4n) is 2.18. The molecule has 2 N–H and O–H groups in total. The molecule has 120 valence electrons. The summed E-state index contributed by atoms with van der Waals surface area (Å²) < 4.78 is 5.71. The number of nitrogens with one attached hydrogen (secondary N) is 1. The van der Waals surface area contributed by atoms with Crippen LogP contribution in [0.4, 0.5) is 0 Å². The number of benzene rings is 1. The van der Waals surface area contributed by atoms with E-state index in [1.807, 2.05) is 12.1 Å². The average molecular weight is 293 g/mol. The van der Waals surface area contributed by atoms with Gasteiger partial charge in [0.1, 0.15) is 5.75 Å². The van der Waals surface area contributed by atoms with Crippen LogP contribution in [0.25, 0.3) is 0 Å². The topological polar surface area (TPSA) is 41.5 Å². The predicted octanol–water partition coefficient (Wildman–Crippen LogP) is 3.75. The largest absolute Gasteiger partial charge is 0.494 e. The molecular formula is C18H31NO2. The molecule has 1 aromatic carbocycles. The first-order valence-electron chi connectivity index (χ1n) is 8.11. The molecule has 0 spiro atoms. The van der Waals surface area contributed by atoms with Gasteiger partial charge in [-0.1, -0.05) is 45.7 Å². The molecular weight excluding hydrogens is 262 g/mol. The highest BCUT2D eigenvalue weighted by Gasteiger charge is 2.16. The summed E-state index contributed by atoms with van der Waals surface area (Å²) in [5, 5.41) is 12.5. The van der Waals surface area contributed by atoms with E-state index in [2.05, 4.69) is 38.2 Å². The zero-order chi connectivity index (χ0) is 15.6. The standard InChI is InChI=1S/C18H31NO2/c1-4-5-6-13-21-17-9-7-16(8-10-17)14-19-15-18(2,3)11-12-20/h7-10,19-20H,4-6,11-15H2,1-3H3. The molecule has 0 bridgehead atoms. The number of rotatable bonds is 11. The van der Waals surface area contributed by atoms with Gasteiger partial charge in [0.25, 0.3) is 0 Å². The van der Waals surface area contributed by atoms with Crippen molar-refractivity contribution < 1.29 is 9.84 Å². The number of ether oxygens (including phenoxy) is 1. The first-order chi connectivity index (χ1) is 10.1. The minimum absolute atomic E-state index is 0.136. The number of aliphatic hydroxyl groups excluding tert-OH is 1. The Morgan fingerprint density at radius 2 is 1.86 bits per heavy atom. The molecule has 3 heteroatoms. The van der Waals surface area contributed by atoms with Crippen LogP contribution in [0, 0.1) is 5.41 Å². The van der Waals surface area contributed by atoms with Gasteiger partial charge in [-0.25, -0.2) is 0 Å². The number of hydrogen-bond acceptors (Lipinski definition) is 3. The monoisotopic (exact) mass is 293 g/mol. The van der Waals surface area contributed by atoms with E-state index in [1.165, 1.54) is 18.4 Å². The summed E-state index contributed by atoms with van der Waals surface area (Å²) >= 11 is 0. The van der Waals surface area contributed by atoms with Gasteiger partial charge >= 0.3 is 0 Å². The maximum atomic E-state index is 9.01. The zero-order valence-electron chi connectivity index (χ0n) is 13.8. The molecule has 21 heavy (non-hydrogen) atoms. The molecule has 0 aliphatic heterocycles. The van der Waals surface area contributed by atoms with Gasteiger partial charge in [0.05, 0.1) is 6.61 Å². The predicted molar refractivity (Wildman–Crippen MR) is 88.7 cm³/mol. The quantitative estimate of drug-likeness (QED) is 0.610. The lowest BCUT2D eigenvalue weighted by Crippen LogP contribution is -2.29. The Morgan fingerprint density at radius 1 is 1.14 bits per heavy atom. The van der Waals surface area contributed by atoms with Crippen LogP contribution >= 0.6 is 0 Å². The molecule has 0 amide bonds. The van der Waals surface area contributed by atoms with E-state index in [0.29, 0.717) is 0 Å². The van der Waals surface area contributed by atoms with Crippen LogP contribution in [-0.2, 0) is 6.54 Å². The smallest absolute Gasteiger partial charge is 0.119 e. The molecule has 0 aromatic heterocycles. The maximum Gasteiger partial charge on any atom is 0.119 e. The number of aliphatic hydroxyl groups is 1. The van der Waals surface area contributed by atoms with E-state index in [0.717, 1.165) is 38.3 Å². The molecule has 0 fully saturated rings. The normalized spacial score (nSPS) is 11.6. The van der Waals surface area contributed by atoms with Crippen molar-refractivity contribution in [1.29, 1.82) is 0 Å². The lowest BCUT2D eigenvalue weighted by atomic mass is 9.90. The third-order valence-corrected chi connectivity index (χ3v) is 3.66. The van der Waals surface area contributed by atoms with E-state index in [1.54, 1.807) is 0 Å². The minimum atomic E-state index is 0.136. The molecule has 1 rings (SSSR count). The molecule has 0 saturated heterocycles. The first kappa shape index (κ1) is 18.0. The maximum absolute atomic E-state index is 9.01. The zero-order valence-corrected chi connectivity index (χ0v) is 13.8. The van der Waals surface area contributed by atoms with Crippen LogP contribution in [0.5, 0.6) is 5.75 Å². The van der Waals surface area contributed by atoms with Gasteiger partial charge < -0.3 is 15.2 Å². The van der Waals surface area contributed by atoms with Crippen LogP contribution < -0.4 is 10.1 Å². The summed E-state index contributed by atoms with van der Waals surface area (Å²) in [6.45, 7) is 9.35. The highest BCUT2D eigenvalue weighted by atomic mass is 16.5. The Kier molecular flexibility index (Phi) is 8.40. The summed E-state index contributed by atoms with van der Waals surface area (Å²) in [6.07, 6.45) is 4.40. The van der Waals surface area contributed by atoms with Gasteiger partial charge in [0.2, 0.25) is 0 Å². The molecule has 0 saturated carbocycles. The molecule has 1 aromatic rings. The second kappa shape index (κ2) is 9.80. The van der Waals surface area contributed by atoms with Gasteiger partial charge in [-0.15, -0.1) is 0 Å². The van der Waals surface area contributed by atoms with Gasteiger partial charge in [-0.2, -0.15) is 0 Å². The molecule has 0 aliphatic rings. The SMILES string of the molecule is CCCCCOc1ccc(CNCC(C)(C)CCO)cc1. The highest BCUT2D eigenvalue weighted by Crippen LogP contribution is 2.18. The van der Waals surface area contributed by atoms with Gasteiger partial charge in [-0.3, -0.25) is 0 Å². The molecule has 0 radical (unpaired) electrons. The number of hydrogen-bond donors (Lipinski definition) is 2. The second-order valence-electron chi connectivity index (χ2n) is 6.44. The fourth-order valence-corrected chi connectivity index (χ4v) is 2.18. The van der Waals surface area contributed by atoms with Crippen molar-refractivity contribution in [2.75, 3.05) is 19.8 Å². The van der Waals surface area contributed by atoms with E-state index in [9.17, 15) is 0 Å². The highest BCUT2D eigenvalue weighted by molar-refractivity contribution is 5.27. The summed E-state index contributed by atoms with van der Waals surface area (Å²) in [4.78, 5) is 0. The van der Waals surface area contributed by atoms with Crippen LogP contribution in [0.3, 0.4) is 0 Å².